The first kappa shape index (κ1) is 24.4. The van der Waals surface area contributed by atoms with Crippen LogP contribution < -0.4 is 10.1 Å². The van der Waals surface area contributed by atoms with Gasteiger partial charge in [-0.05, 0) is 69.2 Å². The van der Waals surface area contributed by atoms with Crippen LogP contribution in [0, 0.1) is 6.92 Å². The number of fused-ring (bicyclic) bond motifs is 1. The van der Waals surface area contributed by atoms with Gasteiger partial charge >= 0.3 is 0 Å². The van der Waals surface area contributed by atoms with Crippen LogP contribution in [0.3, 0.4) is 0 Å². The van der Waals surface area contributed by atoms with E-state index in [1.54, 1.807) is 35.3 Å². The lowest BCUT2D eigenvalue weighted by atomic mass is 10.1. The van der Waals surface area contributed by atoms with Crippen LogP contribution in [0.4, 0.5) is 5.69 Å². The number of nitrogens with zero attached hydrogens (tertiary/aromatic N) is 3. The van der Waals surface area contributed by atoms with Gasteiger partial charge in [-0.1, -0.05) is 12.1 Å². The molecule has 0 aliphatic rings. The number of aromatic nitrogens is 3. The van der Waals surface area contributed by atoms with Gasteiger partial charge in [0.05, 0.1) is 34.3 Å². The summed E-state index contributed by atoms with van der Waals surface area (Å²) in [6.07, 6.45) is 6.44. The maximum absolute atomic E-state index is 12.6. The molecule has 1 N–H and O–H groups in total. The lowest BCUT2D eigenvalue weighted by Gasteiger charge is -2.18. The van der Waals surface area contributed by atoms with Crippen molar-refractivity contribution in [2.45, 2.75) is 44.6 Å². The van der Waals surface area contributed by atoms with Crippen LogP contribution in [-0.2, 0) is 26.6 Å². The Morgan fingerprint density at radius 2 is 1.86 bits per heavy atom. The van der Waals surface area contributed by atoms with E-state index in [-0.39, 0.29) is 22.8 Å². The summed E-state index contributed by atoms with van der Waals surface area (Å²) < 4.78 is 31.9. The van der Waals surface area contributed by atoms with Gasteiger partial charge in [-0.2, -0.15) is 5.10 Å². The van der Waals surface area contributed by atoms with E-state index in [0.29, 0.717) is 28.1 Å². The van der Waals surface area contributed by atoms with Crippen molar-refractivity contribution in [3.05, 3.63) is 72.2 Å². The fourth-order valence-electron chi connectivity index (χ4n) is 3.62. The normalized spacial score (nSPS) is 12.0. The largest absolute Gasteiger partial charge is 0.456 e. The van der Waals surface area contributed by atoms with E-state index in [1.165, 1.54) is 12.3 Å². The van der Waals surface area contributed by atoms with Crippen molar-refractivity contribution in [3.63, 3.8) is 0 Å². The van der Waals surface area contributed by atoms with Crippen molar-refractivity contribution < 1.29 is 17.9 Å². The molecule has 1 amide bonds. The van der Waals surface area contributed by atoms with Gasteiger partial charge in [-0.15, -0.1) is 0 Å². The molecule has 2 aromatic carbocycles. The number of sulfone groups is 1. The number of pyridine rings is 1. The number of benzene rings is 2. The SMILES string of the molecule is Cc1cc(CC(=O)Nc2cnn(C(C)(C)C)c2)ccc1Oc1ccnc2ccc(S(C)(=O)=O)cc12. The minimum absolute atomic E-state index is 0.139. The van der Waals surface area contributed by atoms with E-state index in [2.05, 4.69) is 15.4 Å². The summed E-state index contributed by atoms with van der Waals surface area (Å²) in [7, 11) is -3.36. The third kappa shape index (κ3) is 5.68. The molecular formula is C26H28N4O4S. The molecule has 4 aromatic rings. The zero-order valence-electron chi connectivity index (χ0n) is 20.4. The fourth-order valence-corrected chi connectivity index (χ4v) is 4.27. The van der Waals surface area contributed by atoms with Crippen LogP contribution >= 0.6 is 0 Å². The minimum atomic E-state index is -3.36. The Bertz CT molecular complexity index is 1520. The van der Waals surface area contributed by atoms with Gasteiger partial charge in [0.2, 0.25) is 5.91 Å². The second-order valence-electron chi connectivity index (χ2n) is 9.53. The van der Waals surface area contributed by atoms with E-state index in [4.69, 9.17) is 4.74 Å². The Hall–Kier alpha value is -3.72. The Morgan fingerprint density at radius 1 is 1.09 bits per heavy atom. The van der Waals surface area contributed by atoms with Gasteiger partial charge in [-0.25, -0.2) is 8.42 Å². The van der Waals surface area contributed by atoms with Crippen LogP contribution in [0.2, 0.25) is 0 Å². The lowest BCUT2D eigenvalue weighted by molar-refractivity contribution is -0.115. The molecule has 35 heavy (non-hydrogen) atoms. The topological polar surface area (TPSA) is 103 Å². The quantitative estimate of drug-likeness (QED) is 0.412. The molecule has 0 saturated heterocycles. The molecule has 0 aliphatic carbocycles. The molecule has 8 nitrogen and oxygen atoms in total. The Balaban J connectivity index is 1.50. The van der Waals surface area contributed by atoms with Crippen molar-refractivity contribution >= 4 is 32.3 Å². The highest BCUT2D eigenvalue weighted by Crippen LogP contribution is 2.32. The predicted octanol–water partition coefficient (Wildman–Crippen LogP) is 4.87. The van der Waals surface area contributed by atoms with Crippen LogP contribution in [0.25, 0.3) is 10.9 Å². The molecule has 0 saturated carbocycles. The predicted molar refractivity (Wildman–Crippen MR) is 136 cm³/mol. The average Bonchev–Trinajstić information content (AvgIpc) is 3.24. The van der Waals surface area contributed by atoms with Gasteiger partial charge in [0, 0.05) is 24.0 Å². The number of hydrogen-bond donors (Lipinski definition) is 1. The maximum atomic E-state index is 12.6. The second kappa shape index (κ2) is 9.14. The standard InChI is InChI=1S/C26H28N4O4S/c1-17-12-18(13-25(31)29-19-15-28-30(16-19)26(2,3)4)6-9-23(17)34-24-10-11-27-22-8-7-20(14-21(22)24)35(5,32)33/h6-12,14-16H,13H2,1-5H3,(H,29,31). The van der Waals surface area contributed by atoms with Crippen LogP contribution in [0.5, 0.6) is 11.5 Å². The van der Waals surface area contributed by atoms with Gasteiger partial charge in [0.15, 0.2) is 9.84 Å². The fraction of sp³-hybridized carbons (Fsp3) is 0.269. The van der Waals surface area contributed by atoms with Gasteiger partial charge in [0.1, 0.15) is 11.5 Å². The van der Waals surface area contributed by atoms with Crippen LogP contribution in [-0.4, -0.2) is 35.3 Å². The summed E-state index contributed by atoms with van der Waals surface area (Å²) in [5.41, 5.74) is 2.81. The van der Waals surface area contributed by atoms with Gasteiger partial charge in [-0.3, -0.25) is 14.5 Å². The summed E-state index contributed by atoms with van der Waals surface area (Å²) in [6.45, 7) is 8.02. The molecule has 0 radical (unpaired) electrons. The molecule has 0 unspecified atom stereocenters. The molecule has 4 rings (SSSR count). The molecule has 182 valence electrons. The molecule has 0 aliphatic heterocycles. The molecule has 9 heteroatoms. The number of hydrogen-bond acceptors (Lipinski definition) is 6. The Labute approximate surface area is 204 Å². The zero-order valence-corrected chi connectivity index (χ0v) is 21.2. The van der Waals surface area contributed by atoms with Gasteiger partial charge < -0.3 is 10.1 Å². The van der Waals surface area contributed by atoms with Crippen molar-refractivity contribution in [1.29, 1.82) is 0 Å². The third-order valence-electron chi connectivity index (χ3n) is 5.48. The molecule has 0 bridgehead atoms. The van der Waals surface area contributed by atoms with E-state index in [1.807, 2.05) is 52.1 Å². The Kier molecular flexibility index (Phi) is 6.38. The van der Waals surface area contributed by atoms with E-state index < -0.39 is 9.84 Å². The monoisotopic (exact) mass is 492 g/mol. The van der Waals surface area contributed by atoms with E-state index >= 15 is 0 Å². The zero-order chi connectivity index (χ0) is 25.4. The molecule has 2 aromatic heterocycles. The summed E-state index contributed by atoms with van der Waals surface area (Å²) in [4.78, 5) is 17.1. The third-order valence-corrected chi connectivity index (χ3v) is 6.59. The first-order valence-electron chi connectivity index (χ1n) is 11.1. The number of carbonyl (C=O) groups is 1. The first-order chi connectivity index (χ1) is 16.4. The maximum Gasteiger partial charge on any atom is 0.228 e. The van der Waals surface area contributed by atoms with Crippen molar-refractivity contribution in [2.24, 2.45) is 0 Å². The van der Waals surface area contributed by atoms with Crippen molar-refractivity contribution in [1.82, 2.24) is 14.8 Å². The molecule has 2 heterocycles. The first-order valence-corrected chi connectivity index (χ1v) is 13.0. The second-order valence-corrected chi connectivity index (χ2v) is 11.5. The Morgan fingerprint density at radius 3 is 2.51 bits per heavy atom. The number of carbonyl (C=O) groups excluding carboxylic acids is 1. The van der Waals surface area contributed by atoms with Gasteiger partial charge in [0.25, 0.3) is 0 Å². The highest BCUT2D eigenvalue weighted by molar-refractivity contribution is 7.90. The van der Waals surface area contributed by atoms with E-state index in [0.717, 1.165) is 11.1 Å². The molecule has 0 fully saturated rings. The number of ether oxygens (including phenoxy) is 1. The summed E-state index contributed by atoms with van der Waals surface area (Å²) in [5, 5.41) is 7.79. The molecular weight excluding hydrogens is 464 g/mol. The molecule has 0 atom stereocenters. The van der Waals surface area contributed by atoms with E-state index in [9.17, 15) is 13.2 Å². The van der Waals surface area contributed by atoms with Crippen molar-refractivity contribution in [2.75, 3.05) is 11.6 Å². The van der Waals surface area contributed by atoms with Crippen LogP contribution in [0.1, 0.15) is 31.9 Å². The number of amides is 1. The smallest absolute Gasteiger partial charge is 0.228 e. The summed E-state index contributed by atoms with van der Waals surface area (Å²) >= 11 is 0. The highest BCUT2D eigenvalue weighted by Gasteiger charge is 2.16. The summed E-state index contributed by atoms with van der Waals surface area (Å²) in [5.74, 6) is 0.975. The lowest BCUT2D eigenvalue weighted by Crippen LogP contribution is -2.22. The number of aryl methyl sites for hydroxylation is 1. The summed E-state index contributed by atoms with van der Waals surface area (Å²) in [6, 6.07) is 12.0. The minimum Gasteiger partial charge on any atom is -0.456 e. The highest BCUT2D eigenvalue weighted by atomic mass is 32.2. The molecule has 0 spiro atoms. The number of rotatable bonds is 6. The average molecular weight is 493 g/mol. The number of nitrogens with one attached hydrogen (secondary N) is 1. The number of anilines is 1. The van der Waals surface area contributed by atoms with Crippen LogP contribution in [0.15, 0.2) is 66.0 Å². The van der Waals surface area contributed by atoms with Crippen molar-refractivity contribution in [3.8, 4) is 11.5 Å².